The number of fused-ring (bicyclic) bond motifs is 1. The van der Waals surface area contributed by atoms with Crippen LogP contribution in [0.3, 0.4) is 0 Å². The maximum absolute atomic E-state index is 12.4. The second kappa shape index (κ2) is 6.11. The molecule has 5 nitrogen and oxygen atoms in total. The highest BCUT2D eigenvalue weighted by molar-refractivity contribution is 7.09. The maximum Gasteiger partial charge on any atom is 0.275 e. The smallest absolute Gasteiger partial charge is 0.275 e. The summed E-state index contributed by atoms with van der Waals surface area (Å²) in [5.41, 5.74) is 0.494. The average molecular weight is 313 g/mol. The molecule has 0 bridgehead atoms. The van der Waals surface area contributed by atoms with E-state index in [9.17, 15) is 9.59 Å². The Hall–Kier alpha value is -2.47. The standard InChI is InChI=1S/C16H15N3O2S/c1-11-13-6-2-3-7-14(13)16(21)19(18-11)10-15(20)17-9-12-5-4-8-22-12/h2-8H,9-10H2,1H3,(H,17,20). The number of benzene rings is 1. The molecule has 0 unspecified atom stereocenters. The molecule has 3 aromatic rings. The van der Waals surface area contributed by atoms with Crippen LogP contribution in [0.2, 0.25) is 0 Å². The van der Waals surface area contributed by atoms with Crippen LogP contribution in [0.5, 0.6) is 0 Å². The molecule has 0 saturated carbocycles. The molecule has 22 heavy (non-hydrogen) atoms. The van der Waals surface area contributed by atoms with E-state index in [0.717, 1.165) is 16.0 Å². The van der Waals surface area contributed by atoms with Crippen molar-refractivity contribution in [2.45, 2.75) is 20.0 Å². The Morgan fingerprint density at radius 3 is 2.73 bits per heavy atom. The summed E-state index contributed by atoms with van der Waals surface area (Å²) < 4.78 is 1.22. The van der Waals surface area contributed by atoms with Crippen molar-refractivity contribution in [2.24, 2.45) is 0 Å². The Balaban J connectivity index is 1.80. The van der Waals surface area contributed by atoms with Gasteiger partial charge in [-0.15, -0.1) is 11.3 Å². The summed E-state index contributed by atoms with van der Waals surface area (Å²) in [6.45, 7) is 2.23. The maximum atomic E-state index is 12.4. The van der Waals surface area contributed by atoms with Gasteiger partial charge in [-0.05, 0) is 24.4 Å². The van der Waals surface area contributed by atoms with Crippen molar-refractivity contribution in [3.05, 3.63) is 62.7 Å². The number of aromatic nitrogens is 2. The summed E-state index contributed by atoms with van der Waals surface area (Å²) in [5, 5.41) is 10.4. The highest BCUT2D eigenvalue weighted by Crippen LogP contribution is 2.11. The number of carbonyl (C=O) groups excluding carboxylic acids is 1. The zero-order valence-electron chi connectivity index (χ0n) is 12.1. The van der Waals surface area contributed by atoms with Gasteiger partial charge in [0.1, 0.15) is 6.54 Å². The second-order valence-electron chi connectivity index (χ2n) is 4.95. The number of amides is 1. The minimum atomic E-state index is -0.243. The number of aryl methyl sites for hydroxylation is 1. The van der Waals surface area contributed by atoms with Gasteiger partial charge in [0.15, 0.2) is 0 Å². The fraction of sp³-hybridized carbons (Fsp3) is 0.188. The SMILES string of the molecule is Cc1nn(CC(=O)NCc2cccs2)c(=O)c2ccccc12. The van der Waals surface area contributed by atoms with Gasteiger partial charge in [0, 0.05) is 10.3 Å². The molecule has 2 heterocycles. The predicted molar refractivity (Wildman–Crippen MR) is 86.9 cm³/mol. The van der Waals surface area contributed by atoms with Gasteiger partial charge in [0.2, 0.25) is 5.91 Å². The van der Waals surface area contributed by atoms with E-state index < -0.39 is 0 Å². The minimum Gasteiger partial charge on any atom is -0.350 e. The van der Waals surface area contributed by atoms with Gasteiger partial charge < -0.3 is 5.32 Å². The lowest BCUT2D eigenvalue weighted by molar-refractivity contribution is -0.122. The Morgan fingerprint density at radius 2 is 2.00 bits per heavy atom. The third kappa shape index (κ3) is 2.92. The Labute approximate surface area is 131 Å². The van der Waals surface area contributed by atoms with Crippen LogP contribution in [0.25, 0.3) is 10.8 Å². The van der Waals surface area contributed by atoms with Crippen LogP contribution < -0.4 is 10.9 Å². The number of thiophene rings is 1. The van der Waals surface area contributed by atoms with E-state index in [1.54, 1.807) is 17.4 Å². The molecule has 6 heteroatoms. The van der Waals surface area contributed by atoms with Crippen LogP contribution in [-0.2, 0) is 17.9 Å². The first kappa shape index (κ1) is 14.5. The molecule has 1 amide bonds. The third-order valence-corrected chi connectivity index (χ3v) is 4.26. The molecule has 0 aliphatic carbocycles. The molecule has 0 radical (unpaired) electrons. The van der Waals surface area contributed by atoms with Gasteiger partial charge in [0.25, 0.3) is 5.56 Å². The summed E-state index contributed by atoms with van der Waals surface area (Å²) in [6, 6.07) is 11.2. The quantitative estimate of drug-likeness (QED) is 0.802. The zero-order valence-corrected chi connectivity index (χ0v) is 12.9. The van der Waals surface area contributed by atoms with Crippen LogP contribution in [0.1, 0.15) is 10.6 Å². The van der Waals surface area contributed by atoms with Crippen LogP contribution in [0.4, 0.5) is 0 Å². The van der Waals surface area contributed by atoms with Crippen molar-refractivity contribution < 1.29 is 4.79 Å². The summed E-state index contributed by atoms with van der Waals surface area (Å²) in [7, 11) is 0. The first-order valence-electron chi connectivity index (χ1n) is 6.90. The van der Waals surface area contributed by atoms with Gasteiger partial charge in [0.05, 0.1) is 17.6 Å². The number of hydrogen-bond acceptors (Lipinski definition) is 4. The lowest BCUT2D eigenvalue weighted by atomic mass is 10.1. The number of nitrogens with zero attached hydrogens (tertiary/aromatic N) is 2. The topological polar surface area (TPSA) is 64.0 Å². The first-order valence-corrected chi connectivity index (χ1v) is 7.78. The molecule has 0 spiro atoms. The largest absolute Gasteiger partial charge is 0.350 e. The molecule has 1 N–H and O–H groups in total. The number of hydrogen-bond donors (Lipinski definition) is 1. The molecular formula is C16H15N3O2S. The van der Waals surface area contributed by atoms with E-state index in [1.807, 2.05) is 42.6 Å². The molecule has 3 rings (SSSR count). The lowest BCUT2D eigenvalue weighted by Gasteiger charge is -2.09. The highest BCUT2D eigenvalue weighted by atomic mass is 32.1. The van der Waals surface area contributed by atoms with Crippen molar-refractivity contribution in [2.75, 3.05) is 0 Å². The monoisotopic (exact) mass is 313 g/mol. The van der Waals surface area contributed by atoms with E-state index in [2.05, 4.69) is 10.4 Å². The van der Waals surface area contributed by atoms with Crippen LogP contribution in [-0.4, -0.2) is 15.7 Å². The van der Waals surface area contributed by atoms with Crippen LogP contribution in [0, 0.1) is 6.92 Å². The van der Waals surface area contributed by atoms with Crippen molar-refractivity contribution in [1.29, 1.82) is 0 Å². The van der Waals surface area contributed by atoms with Crippen molar-refractivity contribution in [3.63, 3.8) is 0 Å². The van der Waals surface area contributed by atoms with Gasteiger partial charge in [-0.1, -0.05) is 24.3 Å². The van der Waals surface area contributed by atoms with E-state index in [1.165, 1.54) is 4.68 Å². The van der Waals surface area contributed by atoms with Crippen LogP contribution >= 0.6 is 11.3 Å². The zero-order chi connectivity index (χ0) is 15.5. The van der Waals surface area contributed by atoms with Crippen molar-refractivity contribution in [1.82, 2.24) is 15.1 Å². The van der Waals surface area contributed by atoms with Gasteiger partial charge in [-0.2, -0.15) is 5.10 Å². The molecule has 0 atom stereocenters. The van der Waals surface area contributed by atoms with Gasteiger partial charge in [-0.3, -0.25) is 9.59 Å². The second-order valence-corrected chi connectivity index (χ2v) is 5.98. The number of rotatable bonds is 4. The van der Waals surface area contributed by atoms with E-state index in [-0.39, 0.29) is 18.0 Å². The van der Waals surface area contributed by atoms with E-state index in [0.29, 0.717) is 11.9 Å². The summed E-state index contributed by atoms with van der Waals surface area (Å²) in [4.78, 5) is 25.4. The van der Waals surface area contributed by atoms with Gasteiger partial charge >= 0.3 is 0 Å². The molecule has 0 aliphatic rings. The fourth-order valence-corrected chi connectivity index (χ4v) is 2.95. The predicted octanol–water partition coefficient (Wildman–Crippen LogP) is 2.08. The number of nitrogens with one attached hydrogen (secondary N) is 1. The number of carbonyl (C=O) groups is 1. The normalized spacial score (nSPS) is 10.8. The summed E-state index contributed by atoms with van der Waals surface area (Å²) in [5.74, 6) is -0.224. The van der Waals surface area contributed by atoms with E-state index >= 15 is 0 Å². The summed E-state index contributed by atoms with van der Waals surface area (Å²) >= 11 is 1.58. The highest BCUT2D eigenvalue weighted by Gasteiger charge is 2.10. The van der Waals surface area contributed by atoms with Gasteiger partial charge in [-0.25, -0.2) is 4.68 Å². The van der Waals surface area contributed by atoms with Crippen molar-refractivity contribution in [3.8, 4) is 0 Å². The van der Waals surface area contributed by atoms with Crippen molar-refractivity contribution >= 4 is 28.0 Å². The first-order chi connectivity index (χ1) is 10.6. The Bertz CT molecular complexity index is 869. The lowest BCUT2D eigenvalue weighted by Crippen LogP contribution is -2.33. The fourth-order valence-electron chi connectivity index (χ4n) is 2.30. The molecule has 0 aliphatic heterocycles. The molecule has 2 aromatic heterocycles. The minimum absolute atomic E-state index is 0.0735. The molecule has 1 aromatic carbocycles. The van der Waals surface area contributed by atoms with E-state index in [4.69, 9.17) is 0 Å². The average Bonchev–Trinajstić information content (AvgIpc) is 3.04. The summed E-state index contributed by atoms with van der Waals surface area (Å²) in [6.07, 6.45) is 0. The molecule has 0 saturated heterocycles. The molecular weight excluding hydrogens is 298 g/mol. The molecule has 0 fully saturated rings. The van der Waals surface area contributed by atoms with Crippen LogP contribution in [0.15, 0.2) is 46.6 Å². The Kier molecular flexibility index (Phi) is 4.02. The third-order valence-electron chi connectivity index (χ3n) is 3.39. The Morgan fingerprint density at radius 1 is 1.23 bits per heavy atom. The molecule has 112 valence electrons.